The maximum absolute atomic E-state index is 8.89. The van der Waals surface area contributed by atoms with Gasteiger partial charge in [-0.1, -0.05) is 6.07 Å². The van der Waals surface area contributed by atoms with Gasteiger partial charge in [0.2, 0.25) is 0 Å². The van der Waals surface area contributed by atoms with E-state index < -0.39 is 0 Å². The van der Waals surface area contributed by atoms with Crippen molar-refractivity contribution in [2.45, 2.75) is 11.8 Å². The third-order valence-electron chi connectivity index (χ3n) is 2.28. The van der Waals surface area contributed by atoms with Crippen molar-refractivity contribution in [1.82, 2.24) is 0 Å². The van der Waals surface area contributed by atoms with Crippen LogP contribution in [-0.4, -0.2) is 6.26 Å². The highest BCUT2D eigenvalue weighted by atomic mass is 32.2. The van der Waals surface area contributed by atoms with Gasteiger partial charge in [0.1, 0.15) is 6.07 Å². The highest BCUT2D eigenvalue weighted by Crippen LogP contribution is 2.33. The number of thioether (sulfide) groups is 1. The largest absolute Gasteiger partial charge is 0.192 e. The van der Waals surface area contributed by atoms with Gasteiger partial charge in [-0.15, -0.1) is 23.1 Å². The summed E-state index contributed by atoms with van der Waals surface area (Å²) < 4.78 is 1.24. The summed E-state index contributed by atoms with van der Waals surface area (Å²) in [6.45, 7) is 2.12. The quantitative estimate of drug-likeness (QED) is 0.681. The highest BCUT2D eigenvalue weighted by Gasteiger charge is 2.07. The number of thiophene rings is 1. The van der Waals surface area contributed by atoms with Gasteiger partial charge in [0.15, 0.2) is 0 Å². The van der Waals surface area contributed by atoms with Crippen molar-refractivity contribution < 1.29 is 0 Å². The average molecular weight is 219 g/mol. The lowest BCUT2D eigenvalue weighted by Crippen LogP contribution is -1.79. The third-order valence-corrected chi connectivity index (χ3v) is 4.28. The van der Waals surface area contributed by atoms with Gasteiger partial charge in [-0.25, -0.2) is 0 Å². The topological polar surface area (TPSA) is 23.8 Å². The summed E-state index contributed by atoms with van der Waals surface area (Å²) >= 11 is 3.41. The number of fused-ring (bicyclic) bond motifs is 1. The molecule has 3 heteroatoms. The Hall–Kier alpha value is -0.980. The van der Waals surface area contributed by atoms with Crippen molar-refractivity contribution in [2.24, 2.45) is 0 Å². The number of aryl methyl sites for hydroxylation is 1. The number of rotatable bonds is 1. The van der Waals surface area contributed by atoms with Gasteiger partial charge in [-0.2, -0.15) is 5.26 Å². The van der Waals surface area contributed by atoms with Crippen molar-refractivity contribution in [3.8, 4) is 6.07 Å². The zero-order valence-corrected chi connectivity index (χ0v) is 9.63. The Labute approximate surface area is 91.4 Å². The highest BCUT2D eigenvalue weighted by molar-refractivity contribution is 7.98. The van der Waals surface area contributed by atoms with Gasteiger partial charge >= 0.3 is 0 Å². The fraction of sp³-hybridized carbons (Fsp3) is 0.182. The summed E-state index contributed by atoms with van der Waals surface area (Å²) in [5.41, 5.74) is 2.09. The van der Waals surface area contributed by atoms with E-state index in [1.807, 2.05) is 11.4 Å². The number of benzene rings is 1. The first-order chi connectivity index (χ1) is 6.77. The lowest BCUT2D eigenvalue weighted by molar-refractivity contribution is 1.36. The molecule has 0 spiro atoms. The van der Waals surface area contributed by atoms with Crippen LogP contribution in [0, 0.1) is 18.3 Å². The minimum Gasteiger partial charge on any atom is -0.192 e. The summed E-state index contributed by atoms with van der Waals surface area (Å²) in [5.74, 6) is 0. The van der Waals surface area contributed by atoms with Crippen molar-refractivity contribution in [3.63, 3.8) is 0 Å². The van der Waals surface area contributed by atoms with E-state index in [9.17, 15) is 0 Å². The van der Waals surface area contributed by atoms with Crippen LogP contribution >= 0.6 is 23.1 Å². The van der Waals surface area contributed by atoms with Crippen LogP contribution in [0.3, 0.4) is 0 Å². The van der Waals surface area contributed by atoms with E-state index in [1.54, 1.807) is 23.1 Å². The van der Waals surface area contributed by atoms with E-state index in [-0.39, 0.29) is 0 Å². The molecule has 0 radical (unpaired) electrons. The predicted octanol–water partition coefficient (Wildman–Crippen LogP) is 3.80. The molecule has 2 rings (SSSR count). The molecule has 0 aliphatic heterocycles. The first kappa shape index (κ1) is 9.57. The minimum atomic E-state index is 0.792. The smallest absolute Gasteiger partial charge is 0.101 e. The Balaban J connectivity index is 2.80. The third kappa shape index (κ3) is 1.31. The fourth-order valence-corrected chi connectivity index (χ4v) is 3.21. The van der Waals surface area contributed by atoms with Crippen molar-refractivity contribution in [3.05, 3.63) is 28.6 Å². The van der Waals surface area contributed by atoms with Gasteiger partial charge in [0, 0.05) is 20.4 Å². The number of hydrogen-bond acceptors (Lipinski definition) is 3. The van der Waals surface area contributed by atoms with Gasteiger partial charge in [0.05, 0.1) is 5.56 Å². The molecule has 0 N–H and O–H groups in total. The Morgan fingerprint density at radius 2 is 2.21 bits per heavy atom. The molecule has 70 valence electrons. The molecular formula is C11H9NS2. The van der Waals surface area contributed by atoms with Crippen LogP contribution in [0.2, 0.25) is 0 Å². The lowest BCUT2D eigenvalue weighted by atomic mass is 10.1. The fourth-order valence-electron chi connectivity index (χ4n) is 1.53. The van der Waals surface area contributed by atoms with Crippen LogP contribution in [0.5, 0.6) is 0 Å². The van der Waals surface area contributed by atoms with Crippen LogP contribution < -0.4 is 0 Å². The standard InChI is InChI=1S/C11H9NS2/c1-7-10(13-2)4-3-9-8(5-12)6-14-11(7)9/h3-4,6H,1-2H3. The Morgan fingerprint density at radius 3 is 2.86 bits per heavy atom. The van der Waals surface area contributed by atoms with Crippen LogP contribution in [0.1, 0.15) is 11.1 Å². The molecule has 0 aliphatic carbocycles. The number of nitrogens with zero attached hydrogens (tertiary/aromatic N) is 1. The molecule has 0 saturated heterocycles. The average Bonchev–Trinajstić information content (AvgIpc) is 2.62. The second-order valence-electron chi connectivity index (χ2n) is 3.03. The van der Waals surface area contributed by atoms with E-state index in [2.05, 4.69) is 25.3 Å². The maximum atomic E-state index is 8.89. The molecule has 0 bridgehead atoms. The van der Waals surface area contributed by atoms with E-state index in [0.717, 1.165) is 10.9 Å². The summed E-state index contributed by atoms with van der Waals surface area (Å²) in [7, 11) is 0. The van der Waals surface area contributed by atoms with Crippen LogP contribution in [0.25, 0.3) is 10.1 Å². The maximum Gasteiger partial charge on any atom is 0.101 e. The molecule has 1 aromatic carbocycles. The zero-order valence-electron chi connectivity index (χ0n) is 8.00. The van der Waals surface area contributed by atoms with E-state index in [0.29, 0.717) is 0 Å². The monoisotopic (exact) mass is 219 g/mol. The molecular weight excluding hydrogens is 210 g/mol. The lowest BCUT2D eigenvalue weighted by Gasteiger charge is -2.02. The molecule has 0 fully saturated rings. The molecule has 1 aromatic heterocycles. The number of nitriles is 1. The molecule has 1 nitrogen and oxygen atoms in total. The normalized spacial score (nSPS) is 10.4. The SMILES string of the molecule is CSc1ccc2c(C#N)csc2c1C. The van der Waals surface area contributed by atoms with Gasteiger partial charge in [-0.3, -0.25) is 0 Å². The van der Waals surface area contributed by atoms with Crippen LogP contribution in [0.4, 0.5) is 0 Å². The van der Waals surface area contributed by atoms with Gasteiger partial charge in [-0.05, 0) is 24.8 Å². The van der Waals surface area contributed by atoms with Crippen molar-refractivity contribution >= 4 is 33.2 Å². The van der Waals surface area contributed by atoms with Crippen molar-refractivity contribution in [2.75, 3.05) is 6.26 Å². The second kappa shape index (κ2) is 3.64. The molecule has 1 heterocycles. The van der Waals surface area contributed by atoms with Gasteiger partial charge < -0.3 is 0 Å². The van der Waals surface area contributed by atoms with Crippen LogP contribution in [0.15, 0.2) is 22.4 Å². The first-order valence-corrected chi connectivity index (χ1v) is 6.33. The molecule has 0 amide bonds. The predicted molar refractivity (Wildman–Crippen MR) is 63.1 cm³/mol. The molecule has 0 saturated carbocycles. The second-order valence-corrected chi connectivity index (χ2v) is 4.76. The Morgan fingerprint density at radius 1 is 1.43 bits per heavy atom. The summed E-state index contributed by atoms with van der Waals surface area (Å²) in [6.07, 6.45) is 2.08. The minimum absolute atomic E-state index is 0.792. The first-order valence-electron chi connectivity index (χ1n) is 4.23. The van der Waals surface area contributed by atoms with Gasteiger partial charge in [0.25, 0.3) is 0 Å². The Bertz CT molecular complexity index is 520. The molecule has 2 aromatic rings. The summed E-state index contributed by atoms with van der Waals surface area (Å²) in [6, 6.07) is 6.36. The van der Waals surface area contributed by atoms with Crippen molar-refractivity contribution in [1.29, 1.82) is 5.26 Å². The molecule has 0 aliphatic rings. The molecule has 14 heavy (non-hydrogen) atoms. The van der Waals surface area contributed by atoms with Crippen LogP contribution in [-0.2, 0) is 0 Å². The van der Waals surface area contributed by atoms with E-state index >= 15 is 0 Å². The Kier molecular flexibility index (Phi) is 2.49. The van der Waals surface area contributed by atoms with E-state index in [1.165, 1.54) is 15.2 Å². The van der Waals surface area contributed by atoms with E-state index in [4.69, 9.17) is 5.26 Å². The number of hydrogen-bond donors (Lipinski definition) is 0. The molecule has 0 unspecified atom stereocenters. The zero-order chi connectivity index (χ0) is 10.1. The summed E-state index contributed by atoms with van der Waals surface area (Å²) in [4.78, 5) is 1.30. The molecule has 0 atom stereocenters. The summed E-state index contributed by atoms with van der Waals surface area (Å²) in [5, 5.41) is 11.9.